The highest BCUT2D eigenvalue weighted by Crippen LogP contribution is 2.26. The number of hydrogen-bond acceptors (Lipinski definition) is 4. The molecule has 0 spiro atoms. The molecule has 0 saturated heterocycles. The minimum absolute atomic E-state index is 0.268. The predicted octanol–water partition coefficient (Wildman–Crippen LogP) is 4.07. The SMILES string of the molecule is Cc1cc(C)c(C)c(S(=O)(=O)N[C@@H](C)C(=O)N(C)Cc2ccc(Br)s2)c1C. The highest BCUT2D eigenvalue weighted by Gasteiger charge is 2.28. The normalized spacial score (nSPS) is 12.9. The average Bonchev–Trinajstić information content (AvgIpc) is 2.96. The fourth-order valence-electron chi connectivity index (χ4n) is 3.00. The third kappa shape index (κ3) is 4.99. The first kappa shape index (κ1) is 22.1. The van der Waals surface area contributed by atoms with Gasteiger partial charge in [0.2, 0.25) is 15.9 Å². The van der Waals surface area contributed by atoms with Crippen LogP contribution in [0.2, 0.25) is 0 Å². The standard InChI is InChI=1S/C19H25BrN2O3S2/c1-11-9-12(2)14(4)18(13(11)3)27(24,25)21-15(5)19(23)22(6)10-16-7-8-17(20)26-16/h7-9,15,21H,10H2,1-6H3/t15-/m0/s1. The van der Waals surface area contributed by atoms with Gasteiger partial charge in [0.25, 0.3) is 0 Å². The summed E-state index contributed by atoms with van der Waals surface area (Å²) in [6.07, 6.45) is 0. The molecule has 8 heteroatoms. The van der Waals surface area contributed by atoms with Gasteiger partial charge in [-0.1, -0.05) is 6.07 Å². The Kier molecular flexibility index (Phi) is 6.89. The van der Waals surface area contributed by atoms with Gasteiger partial charge in [-0.05, 0) is 84.9 Å². The Morgan fingerprint density at radius 3 is 2.22 bits per heavy atom. The lowest BCUT2D eigenvalue weighted by atomic mass is 10.0. The lowest BCUT2D eigenvalue weighted by Gasteiger charge is -2.23. The third-order valence-corrected chi connectivity index (χ3v) is 8.09. The summed E-state index contributed by atoms with van der Waals surface area (Å²) >= 11 is 4.95. The van der Waals surface area contributed by atoms with E-state index in [4.69, 9.17) is 0 Å². The summed E-state index contributed by atoms with van der Waals surface area (Å²) in [5, 5.41) is 0. The molecule has 0 aliphatic rings. The quantitative estimate of drug-likeness (QED) is 0.688. The van der Waals surface area contributed by atoms with Crippen LogP contribution in [0.25, 0.3) is 0 Å². The lowest BCUT2D eigenvalue weighted by molar-refractivity contribution is -0.131. The molecular formula is C19H25BrN2O3S2. The van der Waals surface area contributed by atoms with Crippen LogP contribution in [-0.4, -0.2) is 32.3 Å². The highest BCUT2D eigenvalue weighted by atomic mass is 79.9. The van der Waals surface area contributed by atoms with Crippen molar-refractivity contribution in [3.63, 3.8) is 0 Å². The molecule has 1 N–H and O–H groups in total. The van der Waals surface area contributed by atoms with Gasteiger partial charge in [0.05, 0.1) is 21.3 Å². The molecule has 0 saturated carbocycles. The van der Waals surface area contributed by atoms with Crippen molar-refractivity contribution in [2.45, 2.75) is 52.1 Å². The molecule has 0 aliphatic heterocycles. The number of carbonyl (C=O) groups is 1. The van der Waals surface area contributed by atoms with E-state index in [0.717, 1.165) is 19.8 Å². The molecule has 2 aromatic rings. The summed E-state index contributed by atoms with van der Waals surface area (Å²) < 4.78 is 29.5. The zero-order valence-electron chi connectivity index (χ0n) is 16.4. The van der Waals surface area contributed by atoms with Gasteiger partial charge in [-0.15, -0.1) is 11.3 Å². The van der Waals surface area contributed by atoms with Crippen molar-refractivity contribution in [1.82, 2.24) is 9.62 Å². The monoisotopic (exact) mass is 472 g/mol. The zero-order valence-corrected chi connectivity index (χ0v) is 19.6. The molecule has 0 bridgehead atoms. The second-order valence-corrected chi connectivity index (χ2v) is 11.0. The van der Waals surface area contributed by atoms with Crippen LogP contribution in [0, 0.1) is 27.7 Å². The largest absolute Gasteiger partial charge is 0.339 e. The molecule has 0 unspecified atom stereocenters. The number of nitrogens with zero attached hydrogens (tertiary/aromatic N) is 1. The van der Waals surface area contributed by atoms with Crippen LogP contribution >= 0.6 is 27.3 Å². The van der Waals surface area contributed by atoms with Crippen molar-refractivity contribution < 1.29 is 13.2 Å². The number of aryl methyl sites for hydroxylation is 2. The fourth-order valence-corrected chi connectivity index (χ4v) is 6.35. The first-order chi connectivity index (χ1) is 12.4. The Bertz CT molecular complexity index is 941. The molecule has 2 rings (SSSR count). The molecule has 1 amide bonds. The summed E-state index contributed by atoms with van der Waals surface area (Å²) in [6, 6.07) is 4.99. The summed E-state index contributed by atoms with van der Waals surface area (Å²) in [5.74, 6) is -0.275. The van der Waals surface area contributed by atoms with Gasteiger partial charge in [-0.25, -0.2) is 8.42 Å². The number of hydrogen-bond donors (Lipinski definition) is 1. The van der Waals surface area contributed by atoms with Crippen LogP contribution in [0.15, 0.2) is 26.9 Å². The Morgan fingerprint density at radius 2 is 1.74 bits per heavy atom. The van der Waals surface area contributed by atoms with E-state index in [-0.39, 0.29) is 10.8 Å². The number of amides is 1. The Hall–Kier alpha value is -1.22. The first-order valence-electron chi connectivity index (χ1n) is 8.53. The van der Waals surface area contributed by atoms with E-state index in [1.54, 1.807) is 39.2 Å². The van der Waals surface area contributed by atoms with Crippen molar-refractivity contribution in [3.05, 3.63) is 49.1 Å². The maximum Gasteiger partial charge on any atom is 0.241 e. The molecule has 1 heterocycles. The number of nitrogens with one attached hydrogen (secondary N) is 1. The number of rotatable bonds is 6. The van der Waals surface area contributed by atoms with E-state index in [2.05, 4.69) is 20.7 Å². The number of halogens is 1. The van der Waals surface area contributed by atoms with Crippen LogP contribution in [0.5, 0.6) is 0 Å². The van der Waals surface area contributed by atoms with Crippen molar-refractivity contribution in [1.29, 1.82) is 0 Å². The lowest BCUT2D eigenvalue weighted by Crippen LogP contribution is -2.45. The first-order valence-corrected chi connectivity index (χ1v) is 11.6. The van der Waals surface area contributed by atoms with E-state index < -0.39 is 16.1 Å². The second-order valence-electron chi connectivity index (χ2n) is 6.83. The van der Waals surface area contributed by atoms with Crippen molar-refractivity contribution in [2.75, 3.05) is 7.05 Å². The zero-order chi connectivity index (χ0) is 20.5. The van der Waals surface area contributed by atoms with Gasteiger partial charge in [0.1, 0.15) is 0 Å². The van der Waals surface area contributed by atoms with Crippen LogP contribution in [0.4, 0.5) is 0 Å². The minimum Gasteiger partial charge on any atom is -0.339 e. The molecule has 1 aromatic heterocycles. The number of carbonyl (C=O) groups excluding carboxylic acids is 1. The summed E-state index contributed by atoms with van der Waals surface area (Å²) in [5.41, 5.74) is 3.25. The van der Waals surface area contributed by atoms with Gasteiger partial charge in [-0.3, -0.25) is 4.79 Å². The number of sulfonamides is 1. The van der Waals surface area contributed by atoms with E-state index in [9.17, 15) is 13.2 Å². The van der Waals surface area contributed by atoms with E-state index in [1.165, 1.54) is 4.90 Å². The van der Waals surface area contributed by atoms with Crippen molar-refractivity contribution in [2.24, 2.45) is 0 Å². The smallest absolute Gasteiger partial charge is 0.241 e. The molecule has 1 atom stereocenters. The third-order valence-electron chi connectivity index (χ3n) is 4.67. The van der Waals surface area contributed by atoms with Crippen LogP contribution in [-0.2, 0) is 21.4 Å². The summed E-state index contributed by atoms with van der Waals surface area (Å²) in [6.45, 7) is 9.38. The topological polar surface area (TPSA) is 66.5 Å². The number of likely N-dealkylation sites (N-methyl/N-ethyl adjacent to an activating group) is 1. The van der Waals surface area contributed by atoms with Gasteiger partial charge in [0.15, 0.2) is 0 Å². The molecular weight excluding hydrogens is 448 g/mol. The second kappa shape index (κ2) is 8.43. The molecule has 27 heavy (non-hydrogen) atoms. The van der Waals surface area contributed by atoms with Gasteiger partial charge in [-0.2, -0.15) is 4.72 Å². The molecule has 0 radical (unpaired) electrons. The van der Waals surface area contributed by atoms with E-state index in [1.807, 2.05) is 32.0 Å². The number of thiophene rings is 1. The Morgan fingerprint density at radius 1 is 1.19 bits per heavy atom. The van der Waals surface area contributed by atoms with Gasteiger partial charge >= 0.3 is 0 Å². The van der Waals surface area contributed by atoms with Crippen molar-refractivity contribution in [3.8, 4) is 0 Å². The highest BCUT2D eigenvalue weighted by molar-refractivity contribution is 9.11. The maximum absolute atomic E-state index is 13.0. The summed E-state index contributed by atoms with van der Waals surface area (Å²) in [7, 11) is -2.14. The molecule has 1 aromatic carbocycles. The van der Waals surface area contributed by atoms with Gasteiger partial charge in [0, 0.05) is 11.9 Å². The number of benzene rings is 1. The average molecular weight is 473 g/mol. The molecule has 0 aliphatic carbocycles. The predicted molar refractivity (Wildman–Crippen MR) is 114 cm³/mol. The van der Waals surface area contributed by atoms with Gasteiger partial charge < -0.3 is 4.90 Å². The molecule has 5 nitrogen and oxygen atoms in total. The van der Waals surface area contributed by atoms with E-state index in [0.29, 0.717) is 17.7 Å². The van der Waals surface area contributed by atoms with Crippen LogP contribution < -0.4 is 4.72 Å². The molecule has 0 fully saturated rings. The van der Waals surface area contributed by atoms with E-state index >= 15 is 0 Å². The fraction of sp³-hybridized carbons (Fsp3) is 0.421. The minimum atomic E-state index is -3.82. The van der Waals surface area contributed by atoms with Crippen LogP contribution in [0.1, 0.15) is 34.1 Å². The summed E-state index contributed by atoms with van der Waals surface area (Å²) in [4.78, 5) is 15.5. The maximum atomic E-state index is 13.0. The Labute approximate surface area is 174 Å². The molecule has 148 valence electrons. The Balaban J connectivity index is 2.21. The van der Waals surface area contributed by atoms with Crippen molar-refractivity contribution >= 4 is 43.2 Å². The van der Waals surface area contributed by atoms with Crippen LogP contribution in [0.3, 0.4) is 0 Å².